The molecule has 0 aliphatic rings. The van der Waals surface area contributed by atoms with E-state index in [9.17, 15) is 4.79 Å². The number of hydrogen-bond acceptors (Lipinski definition) is 5. The first-order valence-electron chi connectivity index (χ1n) is 8.05. The number of likely N-dealkylation sites (N-methyl/N-ethyl adjacent to an activating group) is 1. The highest BCUT2D eigenvalue weighted by atomic mass is 16.4. The average Bonchev–Trinajstić information content (AvgIpc) is 3.09. The van der Waals surface area contributed by atoms with E-state index in [0.717, 1.165) is 23.3 Å². The Balaban J connectivity index is 1.81. The van der Waals surface area contributed by atoms with Gasteiger partial charge in [-0.1, -0.05) is 0 Å². The molecule has 0 unspecified atom stereocenters. The van der Waals surface area contributed by atoms with Crippen molar-refractivity contribution in [3.8, 4) is 6.07 Å². The van der Waals surface area contributed by atoms with Gasteiger partial charge in [0.25, 0.3) is 0 Å². The molecule has 0 bridgehead atoms. The highest BCUT2D eigenvalue weighted by molar-refractivity contribution is 5.77. The molecule has 3 rings (SSSR count). The lowest BCUT2D eigenvalue weighted by molar-refractivity contribution is 0.374. The number of fused-ring (bicyclic) bond motifs is 1. The predicted octanol–water partition coefficient (Wildman–Crippen LogP) is 1.98. The van der Waals surface area contributed by atoms with Crippen molar-refractivity contribution in [3.05, 3.63) is 52.3 Å². The maximum Gasteiger partial charge on any atom is 0.419 e. The first-order chi connectivity index (χ1) is 12.0. The number of nitriles is 1. The molecule has 0 atom stereocenters. The second kappa shape index (κ2) is 6.87. The third kappa shape index (κ3) is 3.59. The van der Waals surface area contributed by atoms with Gasteiger partial charge >= 0.3 is 5.76 Å². The van der Waals surface area contributed by atoms with Crippen molar-refractivity contribution >= 4 is 16.8 Å². The Labute approximate surface area is 145 Å². The van der Waals surface area contributed by atoms with Crippen LogP contribution in [-0.4, -0.2) is 34.7 Å². The Morgan fingerprint density at radius 2 is 2.12 bits per heavy atom. The molecular formula is C18H21N5O2. The standard InChI is InChI=1S/C18H21N5O2/c1-21(2)6-7-23-16-9-14(4-5-17(16)25-18(23)24)20-11-13-8-15(10-19)22(3)12-13/h4-5,8-9,12,20H,6-7,11H2,1-3H3. The third-order valence-corrected chi connectivity index (χ3v) is 4.11. The number of anilines is 1. The molecule has 130 valence electrons. The van der Waals surface area contributed by atoms with E-state index in [1.54, 1.807) is 15.2 Å². The van der Waals surface area contributed by atoms with Crippen LogP contribution in [0.5, 0.6) is 0 Å². The van der Waals surface area contributed by atoms with Crippen LogP contribution >= 0.6 is 0 Å². The van der Waals surface area contributed by atoms with Crippen LogP contribution in [0.2, 0.25) is 0 Å². The summed E-state index contributed by atoms with van der Waals surface area (Å²) in [5.74, 6) is -0.337. The van der Waals surface area contributed by atoms with Crippen LogP contribution in [0.3, 0.4) is 0 Å². The van der Waals surface area contributed by atoms with E-state index in [1.807, 2.05) is 50.4 Å². The second-order valence-corrected chi connectivity index (χ2v) is 6.32. The highest BCUT2D eigenvalue weighted by Crippen LogP contribution is 2.19. The molecule has 0 radical (unpaired) electrons. The fraction of sp³-hybridized carbons (Fsp3) is 0.333. The fourth-order valence-electron chi connectivity index (χ4n) is 2.73. The Kier molecular flexibility index (Phi) is 4.63. The Bertz CT molecular complexity index is 987. The molecule has 1 aromatic carbocycles. The van der Waals surface area contributed by atoms with Crippen molar-refractivity contribution < 1.29 is 4.42 Å². The first kappa shape index (κ1) is 16.9. The summed E-state index contributed by atoms with van der Waals surface area (Å²) in [5.41, 5.74) is 3.91. The van der Waals surface area contributed by atoms with Crippen molar-refractivity contribution in [3.63, 3.8) is 0 Å². The summed E-state index contributed by atoms with van der Waals surface area (Å²) in [7, 11) is 5.79. The Morgan fingerprint density at radius 3 is 2.80 bits per heavy atom. The molecule has 7 nitrogen and oxygen atoms in total. The number of hydrogen-bond donors (Lipinski definition) is 1. The summed E-state index contributed by atoms with van der Waals surface area (Å²) < 4.78 is 8.75. The zero-order chi connectivity index (χ0) is 18.0. The molecule has 3 aromatic rings. The van der Waals surface area contributed by atoms with Crippen LogP contribution in [0.15, 0.2) is 39.7 Å². The predicted molar refractivity (Wildman–Crippen MR) is 96.5 cm³/mol. The number of nitrogens with zero attached hydrogens (tertiary/aromatic N) is 4. The summed E-state index contributed by atoms with van der Waals surface area (Å²) in [4.78, 5) is 14.1. The average molecular weight is 339 g/mol. The normalized spacial score (nSPS) is 11.2. The molecule has 0 spiro atoms. The minimum absolute atomic E-state index is 0.337. The van der Waals surface area contributed by atoms with E-state index < -0.39 is 0 Å². The van der Waals surface area contributed by atoms with Crippen molar-refractivity contribution in [2.24, 2.45) is 7.05 Å². The van der Waals surface area contributed by atoms with Crippen LogP contribution in [0.1, 0.15) is 11.3 Å². The molecular weight excluding hydrogens is 318 g/mol. The minimum atomic E-state index is -0.337. The van der Waals surface area contributed by atoms with E-state index in [2.05, 4.69) is 11.4 Å². The molecule has 7 heteroatoms. The van der Waals surface area contributed by atoms with Gasteiger partial charge in [-0.2, -0.15) is 5.26 Å². The van der Waals surface area contributed by atoms with Crippen LogP contribution in [0, 0.1) is 11.3 Å². The van der Waals surface area contributed by atoms with Crippen molar-refractivity contribution in [1.29, 1.82) is 5.26 Å². The molecule has 1 N–H and O–H groups in total. The lowest BCUT2D eigenvalue weighted by Crippen LogP contribution is -2.23. The van der Waals surface area contributed by atoms with E-state index in [4.69, 9.17) is 9.68 Å². The summed E-state index contributed by atoms with van der Waals surface area (Å²) >= 11 is 0. The molecule has 0 saturated heterocycles. The SMILES string of the molecule is CN(C)CCn1c(=O)oc2ccc(NCc3cc(C#N)n(C)c3)cc21. The first-order valence-corrected chi connectivity index (χ1v) is 8.05. The number of nitrogens with one attached hydrogen (secondary N) is 1. The van der Waals surface area contributed by atoms with Gasteiger partial charge in [0.1, 0.15) is 11.8 Å². The zero-order valence-corrected chi connectivity index (χ0v) is 14.6. The number of rotatable bonds is 6. The van der Waals surface area contributed by atoms with Gasteiger partial charge < -0.3 is 19.2 Å². The van der Waals surface area contributed by atoms with Gasteiger partial charge in [-0.25, -0.2) is 4.79 Å². The van der Waals surface area contributed by atoms with Gasteiger partial charge in [-0.15, -0.1) is 0 Å². The molecule has 0 aliphatic heterocycles. The largest absolute Gasteiger partial charge is 0.419 e. The molecule has 2 heterocycles. The molecule has 0 saturated carbocycles. The van der Waals surface area contributed by atoms with Crippen LogP contribution in [0.25, 0.3) is 11.1 Å². The maximum absolute atomic E-state index is 12.0. The lowest BCUT2D eigenvalue weighted by Gasteiger charge is -2.10. The van der Waals surface area contributed by atoms with Crippen LogP contribution < -0.4 is 11.1 Å². The second-order valence-electron chi connectivity index (χ2n) is 6.32. The fourth-order valence-corrected chi connectivity index (χ4v) is 2.73. The van der Waals surface area contributed by atoms with Crippen molar-refractivity contribution in [2.75, 3.05) is 26.0 Å². The quantitative estimate of drug-likeness (QED) is 0.743. The van der Waals surface area contributed by atoms with E-state index in [0.29, 0.717) is 24.4 Å². The van der Waals surface area contributed by atoms with E-state index in [-0.39, 0.29) is 5.76 Å². The summed E-state index contributed by atoms with van der Waals surface area (Å²) in [6, 6.07) is 9.62. The minimum Gasteiger partial charge on any atom is -0.408 e. The summed E-state index contributed by atoms with van der Waals surface area (Å²) in [6.07, 6.45) is 1.93. The van der Waals surface area contributed by atoms with E-state index >= 15 is 0 Å². The number of oxazole rings is 1. The third-order valence-electron chi connectivity index (χ3n) is 4.11. The monoisotopic (exact) mass is 339 g/mol. The topological polar surface area (TPSA) is 79.1 Å². The Morgan fingerprint density at radius 1 is 1.32 bits per heavy atom. The lowest BCUT2D eigenvalue weighted by atomic mass is 10.2. The number of aryl methyl sites for hydroxylation is 1. The van der Waals surface area contributed by atoms with Gasteiger partial charge in [-0.05, 0) is 43.9 Å². The maximum atomic E-state index is 12.0. The smallest absolute Gasteiger partial charge is 0.408 e. The van der Waals surface area contributed by atoms with E-state index in [1.165, 1.54) is 0 Å². The van der Waals surface area contributed by atoms with Crippen molar-refractivity contribution in [1.82, 2.24) is 14.0 Å². The number of aromatic nitrogens is 2. The van der Waals surface area contributed by atoms with Gasteiger partial charge in [0.2, 0.25) is 0 Å². The van der Waals surface area contributed by atoms with Gasteiger partial charge in [0.05, 0.1) is 5.52 Å². The Hall–Kier alpha value is -2.98. The molecule has 2 aromatic heterocycles. The summed E-state index contributed by atoms with van der Waals surface area (Å²) in [6.45, 7) is 1.93. The highest BCUT2D eigenvalue weighted by Gasteiger charge is 2.10. The van der Waals surface area contributed by atoms with Gasteiger partial charge in [-0.3, -0.25) is 4.57 Å². The zero-order valence-electron chi connectivity index (χ0n) is 14.6. The summed E-state index contributed by atoms with van der Waals surface area (Å²) in [5, 5.41) is 12.3. The van der Waals surface area contributed by atoms with Crippen LogP contribution in [-0.2, 0) is 20.1 Å². The molecule has 25 heavy (non-hydrogen) atoms. The van der Waals surface area contributed by atoms with Crippen LogP contribution in [0.4, 0.5) is 5.69 Å². The van der Waals surface area contributed by atoms with Crippen molar-refractivity contribution in [2.45, 2.75) is 13.1 Å². The van der Waals surface area contributed by atoms with Gasteiger partial charge in [0, 0.05) is 38.6 Å². The molecule has 0 aliphatic carbocycles. The van der Waals surface area contributed by atoms with Gasteiger partial charge in [0.15, 0.2) is 5.58 Å². The number of benzene rings is 1. The molecule has 0 fully saturated rings. The molecule has 0 amide bonds.